The van der Waals surface area contributed by atoms with Gasteiger partial charge in [0.25, 0.3) is 5.91 Å². The molecule has 0 unspecified atom stereocenters. The standard InChI is InChI=1S/C13H9Cl3N2OS/c14-8-6-10(15)13(11(16)7-8)18-17-12(19)4-3-9-2-1-5-20-9/h1-7,18H,(H,17,19)/b4-3+. The molecule has 20 heavy (non-hydrogen) atoms. The van der Waals surface area contributed by atoms with Gasteiger partial charge in [-0.05, 0) is 29.7 Å². The van der Waals surface area contributed by atoms with E-state index < -0.39 is 0 Å². The highest BCUT2D eigenvalue weighted by Crippen LogP contribution is 2.32. The van der Waals surface area contributed by atoms with Crippen LogP contribution in [0.5, 0.6) is 0 Å². The molecule has 1 amide bonds. The van der Waals surface area contributed by atoms with Crippen LogP contribution in [0.15, 0.2) is 35.7 Å². The summed E-state index contributed by atoms with van der Waals surface area (Å²) in [6.07, 6.45) is 3.13. The van der Waals surface area contributed by atoms with Gasteiger partial charge in [0.1, 0.15) is 0 Å². The number of thiophene rings is 1. The minimum Gasteiger partial charge on any atom is -0.295 e. The number of anilines is 1. The largest absolute Gasteiger partial charge is 0.295 e. The first-order valence-corrected chi connectivity index (χ1v) is 7.50. The first-order valence-electron chi connectivity index (χ1n) is 5.48. The lowest BCUT2D eigenvalue weighted by molar-refractivity contribution is -0.115. The van der Waals surface area contributed by atoms with Crippen LogP contribution in [0.2, 0.25) is 15.1 Å². The van der Waals surface area contributed by atoms with Crippen molar-refractivity contribution in [1.82, 2.24) is 5.43 Å². The first kappa shape index (κ1) is 15.2. The van der Waals surface area contributed by atoms with Crippen molar-refractivity contribution in [2.75, 3.05) is 5.43 Å². The Labute approximate surface area is 135 Å². The van der Waals surface area contributed by atoms with Gasteiger partial charge in [-0.1, -0.05) is 40.9 Å². The Bertz CT molecular complexity index is 618. The van der Waals surface area contributed by atoms with Gasteiger partial charge in [0.15, 0.2) is 0 Å². The Morgan fingerprint density at radius 3 is 2.50 bits per heavy atom. The smallest absolute Gasteiger partial charge is 0.262 e. The van der Waals surface area contributed by atoms with E-state index in [1.54, 1.807) is 17.4 Å². The summed E-state index contributed by atoms with van der Waals surface area (Å²) in [5.74, 6) is -0.319. The number of carbonyl (C=O) groups is 1. The van der Waals surface area contributed by atoms with E-state index in [0.717, 1.165) is 4.88 Å². The molecule has 0 saturated heterocycles. The molecular weight excluding hydrogens is 339 g/mol. The number of hydrazine groups is 1. The van der Waals surface area contributed by atoms with Gasteiger partial charge in [0.2, 0.25) is 0 Å². The van der Waals surface area contributed by atoms with Gasteiger partial charge < -0.3 is 0 Å². The molecule has 0 aliphatic rings. The molecule has 104 valence electrons. The maximum Gasteiger partial charge on any atom is 0.262 e. The zero-order chi connectivity index (χ0) is 14.5. The van der Waals surface area contributed by atoms with Gasteiger partial charge >= 0.3 is 0 Å². The second-order valence-electron chi connectivity index (χ2n) is 3.71. The van der Waals surface area contributed by atoms with E-state index in [0.29, 0.717) is 20.8 Å². The van der Waals surface area contributed by atoms with Crippen LogP contribution in [0.4, 0.5) is 5.69 Å². The average Bonchev–Trinajstić information content (AvgIpc) is 2.88. The third-order valence-electron chi connectivity index (χ3n) is 2.26. The summed E-state index contributed by atoms with van der Waals surface area (Å²) < 4.78 is 0. The number of rotatable bonds is 4. The molecule has 2 rings (SSSR count). The van der Waals surface area contributed by atoms with Crippen LogP contribution >= 0.6 is 46.1 Å². The minimum absolute atomic E-state index is 0.319. The molecule has 2 aromatic rings. The first-order chi connectivity index (χ1) is 9.56. The summed E-state index contributed by atoms with van der Waals surface area (Å²) in [5.41, 5.74) is 5.55. The molecule has 0 radical (unpaired) electrons. The highest BCUT2D eigenvalue weighted by atomic mass is 35.5. The van der Waals surface area contributed by atoms with Crippen LogP contribution in [0, 0.1) is 0 Å². The maximum atomic E-state index is 11.6. The molecule has 0 fully saturated rings. The quantitative estimate of drug-likeness (QED) is 0.612. The van der Waals surface area contributed by atoms with E-state index in [1.165, 1.54) is 18.2 Å². The topological polar surface area (TPSA) is 41.1 Å². The van der Waals surface area contributed by atoms with E-state index in [1.807, 2.05) is 17.5 Å². The maximum absolute atomic E-state index is 11.6. The summed E-state index contributed by atoms with van der Waals surface area (Å²) in [6.45, 7) is 0. The lowest BCUT2D eigenvalue weighted by Crippen LogP contribution is -2.27. The third-order valence-corrected chi connectivity index (χ3v) is 3.91. The zero-order valence-electron chi connectivity index (χ0n) is 9.99. The van der Waals surface area contributed by atoms with Crippen molar-refractivity contribution in [1.29, 1.82) is 0 Å². The highest BCUT2D eigenvalue weighted by molar-refractivity contribution is 7.10. The summed E-state index contributed by atoms with van der Waals surface area (Å²) in [5, 5.41) is 3.01. The Kier molecular flexibility index (Phi) is 5.31. The van der Waals surface area contributed by atoms with Crippen molar-refractivity contribution in [3.8, 4) is 0 Å². The molecule has 0 saturated carbocycles. The van der Waals surface area contributed by atoms with E-state index in [-0.39, 0.29) is 5.91 Å². The van der Waals surface area contributed by atoms with E-state index in [2.05, 4.69) is 10.9 Å². The number of carbonyl (C=O) groups excluding carboxylic acids is 1. The molecule has 0 bridgehead atoms. The minimum atomic E-state index is -0.319. The Balaban J connectivity index is 1.97. The third kappa shape index (κ3) is 4.15. The van der Waals surface area contributed by atoms with E-state index >= 15 is 0 Å². The number of amides is 1. The second kappa shape index (κ2) is 6.99. The molecule has 1 aromatic heterocycles. The van der Waals surface area contributed by atoms with Crippen molar-refractivity contribution in [3.05, 3.63) is 55.7 Å². The van der Waals surface area contributed by atoms with Crippen molar-refractivity contribution >= 4 is 63.8 Å². The zero-order valence-corrected chi connectivity index (χ0v) is 13.1. The molecule has 1 aromatic carbocycles. The predicted molar refractivity (Wildman–Crippen MR) is 86.6 cm³/mol. The van der Waals surface area contributed by atoms with Crippen LogP contribution in [-0.2, 0) is 4.79 Å². The summed E-state index contributed by atoms with van der Waals surface area (Å²) in [6, 6.07) is 6.89. The van der Waals surface area contributed by atoms with E-state index in [9.17, 15) is 4.79 Å². The van der Waals surface area contributed by atoms with Gasteiger partial charge in [-0.15, -0.1) is 11.3 Å². The fourth-order valence-electron chi connectivity index (χ4n) is 1.37. The number of hydrogen-bond donors (Lipinski definition) is 2. The van der Waals surface area contributed by atoms with E-state index in [4.69, 9.17) is 34.8 Å². The van der Waals surface area contributed by atoms with Crippen LogP contribution in [0.25, 0.3) is 6.08 Å². The summed E-state index contributed by atoms with van der Waals surface area (Å²) in [4.78, 5) is 12.6. The monoisotopic (exact) mass is 346 g/mol. The molecule has 0 aliphatic carbocycles. The van der Waals surface area contributed by atoms with Crippen LogP contribution < -0.4 is 10.9 Å². The summed E-state index contributed by atoms with van der Waals surface area (Å²) >= 11 is 19.3. The van der Waals surface area contributed by atoms with Gasteiger partial charge in [0, 0.05) is 16.0 Å². The van der Waals surface area contributed by atoms with Crippen molar-refractivity contribution in [2.45, 2.75) is 0 Å². The Morgan fingerprint density at radius 1 is 1.20 bits per heavy atom. The SMILES string of the molecule is O=C(/C=C/c1cccs1)NNc1c(Cl)cc(Cl)cc1Cl. The molecule has 1 heterocycles. The van der Waals surface area contributed by atoms with Gasteiger partial charge in [-0.2, -0.15) is 0 Å². The molecule has 2 N–H and O–H groups in total. The van der Waals surface area contributed by atoms with Gasteiger partial charge in [-0.3, -0.25) is 15.6 Å². The lowest BCUT2D eigenvalue weighted by Gasteiger charge is -2.10. The second-order valence-corrected chi connectivity index (χ2v) is 5.94. The molecule has 0 aliphatic heterocycles. The molecule has 3 nitrogen and oxygen atoms in total. The van der Waals surface area contributed by atoms with Gasteiger partial charge in [0.05, 0.1) is 15.7 Å². The number of hydrogen-bond acceptors (Lipinski definition) is 3. The van der Waals surface area contributed by atoms with Crippen molar-refractivity contribution < 1.29 is 4.79 Å². The fourth-order valence-corrected chi connectivity index (χ4v) is 2.90. The van der Waals surface area contributed by atoms with Crippen molar-refractivity contribution in [2.24, 2.45) is 0 Å². The molecular formula is C13H9Cl3N2OS. The Hall–Kier alpha value is -1.20. The molecule has 0 spiro atoms. The van der Waals surface area contributed by atoms with Crippen LogP contribution in [-0.4, -0.2) is 5.91 Å². The predicted octanol–water partition coefficient (Wildman–Crippen LogP) is 4.86. The highest BCUT2D eigenvalue weighted by Gasteiger charge is 2.07. The average molecular weight is 348 g/mol. The van der Waals surface area contributed by atoms with Crippen molar-refractivity contribution in [3.63, 3.8) is 0 Å². The number of nitrogens with one attached hydrogen (secondary N) is 2. The molecule has 7 heteroatoms. The van der Waals surface area contributed by atoms with Crippen LogP contribution in [0.1, 0.15) is 4.88 Å². The molecule has 0 atom stereocenters. The number of benzene rings is 1. The summed E-state index contributed by atoms with van der Waals surface area (Å²) in [7, 11) is 0. The number of halogens is 3. The normalized spacial score (nSPS) is 10.8. The fraction of sp³-hybridized carbons (Fsp3) is 0. The Morgan fingerprint density at radius 2 is 1.90 bits per heavy atom. The van der Waals surface area contributed by atoms with Gasteiger partial charge in [-0.25, -0.2) is 0 Å². The lowest BCUT2D eigenvalue weighted by atomic mass is 10.3. The van der Waals surface area contributed by atoms with Crippen LogP contribution in [0.3, 0.4) is 0 Å².